The number of hydrogen-bond acceptors (Lipinski definition) is 4. The lowest BCUT2D eigenvalue weighted by Crippen LogP contribution is -2.51. The van der Waals surface area contributed by atoms with E-state index >= 15 is 0 Å². The molecule has 5 nitrogen and oxygen atoms in total. The van der Waals surface area contributed by atoms with Crippen molar-refractivity contribution in [3.63, 3.8) is 0 Å². The van der Waals surface area contributed by atoms with E-state index in [1.54, 1.807) is 10.4 Å². The van der Waals surface area contributed by atoms with Gasteiger partial charge in [0.2, 0.25) is 11.8 Å². The molecule has 0 aromatic carbocycles. The SMILES string of the molecule is CC(C)(C)C1NC(=O)CCN(Cc2cscn2)C1=O. The molecule has 2 rings (SSSR count). The Labute approximate surface area is 117 Å². The Bertz CT molecular complexity index is 465. The van der Waals surface area contributed by atoms with Crippen molar-refractivity contribution in [3.8, 4) is 0 Å². The van der Waals surface area contributed by atoms with Gasteiger partial charge in [-0.1, -0.05) is 20.8 Å². The van der Waals surface area contributed by atoms with Crippen LogP contribution in [0.3, 0.4) is 0 Å². The summed E-state index contributed by atoms with van der Waals surface area (Å²) >= 11 is 1.51. The van der Waals surface area contributed by atoms with E-state index in [1.807, 2.05) is 26.2 Å². The molecular formula is C13H19N3O2S. The predicted molar refractivity (Wildman–Crippen MR) is 73.5 cm³/mol. The predicted octanol–water partition coefficient (Wildman–Crippen LogP) is 1.41. The molecule has 1 atom stereocenters. The average molecular weight is 281 g/mol. The Morgan fingerprint density at radius 3 is 2.79 bits per heavy atom. The molecule has 2 amide bonds. The van der Waals surface area contributed by atoms with Gasteiger partial charge >= 0.3 is 0 Å². The molecule has 1 aliphatic heterocycles. The van der Waals surface area contributed by atoms with Gasteiger partial charge in [-0.2, -0.15) is 0 Å². The topological polar surface area (TPSA) is 62.3 Å². The summed E-state index contributed by atoms with van der Waals surface area (Å²) in [5.74, 6) is -0.0830. The Morgan fingerprint density at radius 1 is 1.47 bits per heavy atom. The molecule has 0 bridgehead atoms. The molecule has 2 heterocycles. The third-order valence-electron chi connectivity index (χ3n) is 3.18. The van der Waals surface area contributed by atoms with Gasteiger partial charge in [-0.05, 0) is 5.41 Å². The van der Waals surface area contributed by atoms with Gasteiger partial charge in [0.05, 0.1) is 17.7 Å². The highest BCUT2D eigenvalue weighted by molar-refractivity contribution is 7.07. The van der Waals surface area contributed by atoms with Crippen molar-refractivity contribution in [2.75, 3.05) is 6.54 Å². The summed E-state index contributed by atoms with van der Waals surface area (Å²) < 4.78 is 0. The van der Waals surface area contributed by atoms with Crippen molar-refractivity contribution in [1.29, 1.82) is 0 Å². The first-order valence-corrected chi connectivity index (χ1v) is 7.27. The van der Waals surface area contributed by atoms with Crippen molar-refractivity contribution in [3.05, 3.63) is 16.6 Å². The highest BCUT2D eigenvalue weighted by Crippen LogP contribution is 2.23. The summed E-state index contributed by atoms with van der Waals surface area (Å²) in [6, 6.07) is -0.471. The largest absolute Gasteiger partial charge is 0.344 e. The quantitative estimate of drug-likeness (QED) is 0.891. The maximum atomic E-state index is 12.6. The van der Waals surface area contributed by atoms with E-state index in [9.17, 15) is 9.59 Å². The molecule has 19 heavy (non-hydrogen) atoms. The van der Waals surface area contributed by atoms with E-state index in [4.69, 9.17) is 0 Å². The van der Waals surface area contributed by atoms with Crippen LogP contribution in [0.15, 0.2) is 10.9 Å². The van der Waals surface area contributed by atoms with Gasteiger partial charge < -0.3 is 10.2 Å². The summed E-state index contributed by atoms with van der Waals surface area (Å²) in [6.07, 6.45) is 0.350. The second-order valence-electron chi connectivity index (χ2n) is 5.86. The number of aromatic nitrogens is 1. The maximum absolute atomic E-state index is 12.6. The second-order valence-corrected chi connectivity index (χ2v) is 6.57. The van der Waals surface area contributed by atoms with Crippen molar-refractivity contribution in [2.45, 2.75) is 39.8 Å². The first-order valence-electron chi connectivity index (χ1n) is 6.33. The van der Waals surface area contributed by atoms with Crippen LogP contribution in [-0.2, 0) is 16.1 Å². The summed E-state index contributed by atoms with van der Waals surface area (Å²) in [5, 5.41) is 4.76. The van der Waals surface area contributed by atoms with Crippen LogP contribution >= 0.6 is 11.3 Å². The van der Waals surface area contributed by atoms with Crippen LogP contribution in [-0.4, -0.2) is 34.3 Å². The molecule has 0 saturated carbocycles. The highest BCUT2D eigenvalue weighted by Gasteiger charge is 2.37. The van der Waals surface area contributed by atoms with E-state index in [1.165, 1.54) is 11.3 Å². The fraction of sp³-hybridized carbons (Fsp3) is 0.615. The number of carbonyl (C=O) groups is 2. The lowest BCUT2D eigenvalue weighted by Gasteiger charge is -2.32. The van der Waals surface area contributed by atoms with Crippen LogP contribution in [0.1, 0.15) is 32.9 Å². The minimum absolute atomic E-state index is 0.0219. The third-order valence-corrected chi connectivity index (χ3v) is 3.81. The Hall–Kier alpha value is -1.43. The van der Waals surface area contributed by atoms with Crippen LogP contribution < -0.4 is 5.32 Å². The monoisotopic (exact) mass is 281 g/mol. The number of thiazole rings is 1. The molecule has 0 spiro atoms. The molecule has 1 aromatic rings. The number of rotatable bonds is 2. The van der Waals surface area contributed by atoms with E-state index in [0.717, 1.165) is 5.69 Å². The van der Waals surface area contributed by atoms with Crippen molar-refractivity contribution in [2.24, 2.45) is 5.41 Å². The average Bonchev–Trinajstić information content (AvgIpc) is 2.77. The standard InChI is InChI=1S/C13H19N3O2S/c1-13(2,3)11-12(18)16(5-4-10(17)15-11)6-9-7-19-8-14-9/h7-8,11H,4-6H2,1-3H3,(H,15,17). The Balaban J connectivity index is 2.19. The molecule has 104 valence electrons. The summed E-state index contributed by atoms with van der Waals surface area (Å²) in [7, 11) is 0. The fourth-order valence-electron chi connectivity index (χ4n) is 2.08. The number of nitrogens with zero attached hydrogens (tertiary/aromatic N) is 2. The van der Waals surface area contributed by atoms with Crippen molar-refractivity contribution >= 4 is 23.2 Å². The molecule has 1 aromatic heterocycles. The Kier molecular flexibility index (Phi) is 3.89. The summed E-state index contributed by atoms with van der Waals surface area (Å²) in [5.41, 5.74) is 2.33. The van der Waals surface area contributed by atoms with Crippen LogP contribution in [0, 0.1) is 5.41 Å². The van der Waals surface area contributed by atoms with Gasteiger partial charge in [-0.15, -0.1) is 11.3 Å². The zero-order valence-corrected chi connectivity index (χ0v) is 12.3. The molecule has 0 aliphatic carbocycles. The fourth-order valence-corrected chi connectivity index (χ4v) is 2.63. The number of amides is 2. The smallest absolute Gasteiger partial charge is 0.246 e. The zero-order valence-electron chi connectivity index (χ0n) is 11.5. The second kappa shape index (κ2) is 5.28. The van der Waals surface area contributed by atoms with Crippen LogP contribution in [0.4, 0.5) is 0 Å². The molecule has 1 aliphatic rings. The lowest BCUT2D eigenvalue weighted by molar-refractivity contribution is -0.136. The molecule has 6 heteroatoms. The molecular weight excluding hydrogens is 262 g/mol. The van der Waals surface area contributed by atoms with Gasteiger partial charge in [0, 0.05) is 18.3 Å². The lowest BCUT2D eigenvalue weighted by atomic mass is 9.86. The highest BCUT2D eigenvalue weighted by atomic mass is 32.1. The Morgan fingerprint density at radius 2 is 2.21 bits per heavy atom. The molecule has 1 fully saturated rings. The minimum atomic E-state index is -0.471. The van der Waals surface area contributed by atoms with Crippen molar-refractivity contribution < 1.29 is 9.59 Å². The molecule has 1 saturated heterocycles. The van der Waals surface area contributed by atoms with Gasteiger partial charge in [-0.25, -0.2) is 4.98 Å². The molecule has 0 radical (unpaired) electrons. The van der Waals surface area contributed by atoms with E-state index in [2.05, 4.69) is 10.3 Å². The first-order chi connectivity index (χ1) is 8.88. The van der Waals surface area contributed by atoms with E-state index < -0.39 is 6.04 Å². The van der Waals surface area contributed by atoms with E-state index in [-0.39, 0.29) is 17.2 Å². The van der Waals surface area contributed by atoms with Crippen LogP contribution in [0.5, 0.6) is 0 Å². The summed E-state index contributed by atoms with van der Waals surface area (Å²) in [4.78, 5) is 30.2. The van der Waals surface area contributed by atoms with Gasteiger partial charge in [0.15, 0.2) is 0 Å². The van der Waals surface area contributed by atoms with Crippen LogP contribution in [0.2, 0.25) is 0 Å². The number of carbonyl (C=O) groups excluding carboxylic acids is 2. The molecule has 1 N–H and O–H groups in total. The number of hydrogen-bond donors (Lipinski definition) is 1. The first kappa shape index (κ1) is 14.0. The molecule has 1 unspecified atom stereocenters. The third kappa shape index (κ3) is 3.32. The van der Waals surface area contributed by atoms with Gasteiger partial charge in [0.25, 0.3) is 0 Å². The zero-order chi connectivity index (χ0) is 14.0. The normalized spacial score (nSPS) is 21.2. The van der Waals surface area contributed by atoms with Crippen molar-refractivity contribution in [1.82, 2.24) is 15.2 Å². The van der Waals surface area contributed by atoms with Gasteiger partial charge in [-0.3, -0.25) is 9.59 Å². The van der Waals surface area contributed by atoms with E-state index in [0.29, 0.717) is 19.5 Å². The minimum Gasteiger partial charge on any atom is -0.344 e. The van der Waals surface area contributed by atoms with Crippen LogP contribution in [0.25, 0.3) is 0 Å². The van der Waals surface area contributed by atoms with Gasteiger partial charge in [0.1, 0.15) is 6.04 Å². The summed E-state index contributed by atoms with van der Waals surface area (Å²) in [6.45, 7) is 6.81. The number of nitrogens with one attached hydrogen (secondary N) is 1. The maximum Gasteiger partial charge on any atom is 0.246 e.